The van der Waals surface area contributed by atoms with Crippen molar-refractivity contribution in [2.24, 2.45) is 5.10 Å². The lowest BCUT2D eigenvalue weighted by molar-refractivity contribution is 0.349. The summed E-state index contributed by atoms with van der Waals surface area (Å²) in [5.41, 5.74) is 1.28. The minimum atomic E-state index is -4.04. The third-order valence-corrected chi connectivity index (χ3v) is 7.16. The van der Waals surface area contributed by atoms with E-state index >= 15 is 0 Å². The third kappa shape index (κ3) is 3.89. The van der Waals surface area contributed by atoms with Crippen molar-refractivity contribution in [1.82, 2.24) is 4.41 Å². The van der Waals surface area contributed by atoms with Crippen molar-refractivity contribution in [2.75, 3.05) is 18.6 Å². The zero-order valence-electron chi connectivity index (χ0n) is 14.2. The van der Waals surface area contributed by atoms with Gasteiger partial charge in [-0.15, -0.1) is 0 Å². The van der Waals surface area contributed by atoms with Crippen LogP contribution in [0.1, 0.15) is 25.8 Å². The van der Waals surface area contributed by atoms with Gasteiger partial charge in [-0.1, -0.05) is 6.07 Å². The lowest BCUT2D eigenvalue weighted by atomic mass is 10.2. The number of nitrogens with zero attached hydrogens (tertiary/aromatic N) is 2. The van der Waals surface area contributed by atoms with Gasteiger partial charge in [0.15, 0.2) is 9.84 Å². The van der Waals surface area contributed by atoms with Crippen LogP contribution in [0.2, 0.25) is 0 Å². The van der Waals surface area contributed by atoms with E-state index in [4.69, 9.17) is 4.74 Å². The zero-order valence-corrected chi connectivity index (χ0v) is 15.8. The molecule has 134 valence electrons. The SMILES string of the molecule is COc1ccc(C)cc1S(=O)(=O)N(N=C(C)C)[C@H]1CCS(=O)(=O)C1. The molecule has 9 heteroatoms. The highest BCUT2D eigenvalue weighted by atomic mass is 32.2. The number of sulfone groups is 1. The first-order valence-electron chi connectivity index (χ1n) is 7.48. The molecule has 1 aliphatic rings. The number of methoxy groups -OCH3 is 1. The lowest BCUT2D eigenvalue weighted by Gasteiger charge is -2.26. The number of aryl methyl sites for hydroxylation is 1. The molecule has 1 atom stereocenters. The number of sulfonamides is 1. The first-order valence-corrected chi connectivity index (χ1v) is 10.7. The van der Waals surface area contributed by atoms with Crippen LogP contribution in [0, 0.1) is 6.92 Å². The number of ether oxygens (including phenoxy) is 1. The van der Waals surface area contributed by atoms with E-state index in [1.165, 1.54) is 13.2 Å². The second kappa shape index (κ2) is 6.72. The molecule has 2 rings (SSSR count). The normalized spacial score (nSPS) is 19.8. The number of hydrazone groups is 1. The Morgan fingerprint density at radius 3 is 2.50 bits per heavy atom. The van der Waals surface area contributed by atoms with Crippen molar-refractivity contribution in [3.05, 3.63) is 23.8 Å². The van der Waals surface area contributed by atoms with Gasteiger partial charge in [0, 0.05) is 5.71 Å². The van der Waals surface area contributed by atoms with Gasteiger partial charge in [0.05, 0.1) is 24.7 Å². The second-order valence-electron chi connectivity index (χ2n) is 6.04. The van der Waals surface area contributed by atoms with E-state index in [1.54, 1.807) is 32.9 Å². The highest BCUT2D eigenvalue weighted by Gasteiger charge is 2.39. The highest BCUT2D eigenvalue weighted by Crippen LogP contribution is 2.31. The monoisotopic (exact) mass is 374 g/mol. The summed E-state index contributed by atoms with van der Waals surface area (Å²) in [5.74, 6) is -0.0558. The van der Waals surface area contributed by atoms with E-state index in [2.05, 4.69) is 5.10 Å². The number of benzene rings is 1. The van der Waals surface area contributed by atoms with Crippen molar-refractivity contribution in [2.45, 2.75) is 38.1 Å². The molecule has 0 aromatic heterocycles. The summed E-state index contributed by atoms with van der Waals surface area (Å²) in [6.45, 7) is 5.11. The Hall–Kier alpha value is -1.61. The van der Waals surface area contributed by atoms with Crippen LogP contribution in [0.25, 0.3) is 0 Å². The Balaban J connectivity index is 2.57. The predicted molar refractivity (Wildman–Crippen MR) is 92.6 cm³/mol. The standard InChI is InChI=1S/C15H22N2O5S2/c1-11(2)16-17(13-7-8-23(18,19)10-13)24(20,21)15-9-12(3)5-6-14(15)22-4/h5-6,9,13H,7-8,10H2,1-4H3/t13-/m0/s1. The minimum Gasteiger partial charge on any atom is -0.495 e. The van der Waals surface area contributed by atoms with Crippen molar-refractivity contribution in [3.8, 4) is 5.75 Å². The molecule has 0 aliphatic carbocycles. The number of hydrogen-bond acceptors (Lipinski definition) is 6. The van der Waals surface area contributed by atoms with Gasteiger partial charge in [0.2, 0.25) is 0 Å². The summed E-state index contributed by atoms with van der Waals surface area (Å²) in [5, 5.41) is 4.12. The summed E-state index contributed by atoms with van der Waals surface area (Å²) >= 11 is 0. The topological polar surface area (TPSA) is 93.1 Å². The molecule has 0 bridgehead atoms. The molecule has 7 nitrogen and oxygen atoms in total. The summed E-state index contributed by atoms with van der Waals surface area (Å²) in [7, 11) is -5.90. The molecular formula is C15H22N2O5S2. The molecule has 0 unspecified atom stereocenters. The molecule has 1 fully saturated rings. The summed E-state index contributed by atoms with van der Waals surface area (Å²) < 4.78 is 55.9. The number of rotatable bonds is 5. The molecule has 1 saturated heterocycles. The van der Waals surface area contributed by atoms with Crippen LogP contribution in [-0.2, 0) is 19.9 Å². The van der Waals surface area contributed by atoms with E-state index in [-0.39, 0.29) is 28.6 Å². The van der Waals surface area contributed by atoms with Gasteiger partial charge in [0.25, 0.3) is 10.0 Å². The Bertz CT molecular complexity index is 856. The smallest absolute Gasteiger partial charge is 0.282 e. The van der Waals surface area contributed by atoms with Crippen LogP contribution in [0.3, 0.4) is 0 Å². The van der Waals surface area contributed by atoms with E-state index in [0.717, 1.165) is 9.98 Å². The second-order valence-corrected chi connectivity index (χ2v) is 10.0. The van der Waals surface area contributed by atoms with Crippen LogP contribution >= 0.6 is 0 Å². The van der Waals surface area contributed by atoms with E-state index in [1.807, 2.05) is 0 Å². The molecule has 0 N–H and O–H groups in total. The van der Waals surface area contributed by atoms with Gasteiger partial charge >= 0.3 is 0 Å². The minimum absolute atomic E-state index is 0.0145. The van der Waals surface area contributed by atoms with Crippen LogP contribution in [0.15, 0.2) is 28.2 Å². The maximum Gasteiger partial charge on any atom is 0.282 e. The molecule has 0 spiro atoms. The van der Waals surface area contributed by atoms with E-state index in [0.29, 0.717) is 5.71 Å². The Kier molecular flexibility index (Phi) is 5.24. The van der Waals surface area contributed by atoms with Gasteiger partial charge in [-0.05, 0) is 44.9 Å². The molecule has 1 aromatic carbocycles. The maximum absolute atomic E-state index is 13.1. The van der Waals surface area contributed by atoms with Crippen LogP contribution in [-0.4, -0.2) is 51.6 Å². The van der Waals surface area contributed by atoms with Gasteiger partial charge in [-0.2, -0.15) is 17.9 Å². The molecule has 0 radical (unpaired) electrons. The Labute approximate surface area is 143 Å². The van der Waals surface area contributed by atoms with Crippen LogP contribution in [0.4, 0.5) is 0 Å². The average Bonchev–Trinajstić information content (AvgIpc) is 2.84. The third-order valence-electron chi connectivity index (χ3n) is 3.66. The Morgan fingerprint density at radius 1 is 1.33 bits per heavy atom. The van der Waals surface area contributed by atoms with E-state index < -0.39 is 25.9 Å². The lowest BCUT2D eigenvalue weighted by Crippen LogP contribution is -2.37. The van der Waals surface area contributed by atoms with Crippen molar-refractivity contribution < 1.29 is 21.6 Å². The molecular weight excluding hydrogens is 352 g/mol. The van der Waals surface area contributed by atoms with E-state index in [9.17, 15) is 16.8 Å². The van der Waals surface area contributed by atoms with Gasteiger partial charge in [-0.25, -0.2) is 8.42 Å². The van der Waals surface area contributed by atoms with Gasteiger partial charge in [-0.3, -0.25) is 0 Å². The molecule has 1 aromatic rings. The van der Waals surface area contributed by atoms with Crippen molar-refractivity contribution in [1.29, 1.82) is 0 Å². The molecule has 1 aliphatic heterocycles. The average molecular weight is 374 g/mol. The van der Waals surface area contributed by atoms with Gasteiger partial charge in [0.1, 0.15) is 10.6 Å². The predicted octanol–water partition coefficient (Wildman–Crippen LogP) is 1.58. The quantitative estimate of drug-likeness (QED) is 0.576. The fourth-order valence-electron chi connectivity index (χ4n) is 2.56. The summed E-state index contributed by atoms with van der Waals surface area (Å²) in [4.78, 5) is -0.0145. The summed E-state index contributed by atoms with van der Waals surface area (Å²) in [6, 6.07) is 4.12. The molecule has 0 saturated carbocycles. The van der Waals surface area contributed by atoms with Crippen LogP contribution < -0.4 is 4.74 Å². The zero-order chi connectivity index (χ0) is 18.1. The van der Waals surface area contributed by atoms with Crippen molar-refractivity contribution in [3.63, 3.8) is 0 Å². The number of hydrogen-bond donors (Lipinski definition) is 0. The maximum atomic E-state index is 13.1. The van der Waals surface area contributed by atoms with Gasteiger partial charge < -0.3 is 4.74 Å². The van der Waals surface area contributed by atoms with Crippen molar-refractivity contribution >= 4 is 25.6 Å². The first-order chi connectivity index (χ1) is 11.1. The highest BCUT2D eigenvalue weighted by molar-refractivity contribution is 7.92. The first kappa shape index (κ1) is 18.7. The fraction of sp³-hybridized carbons (Fsp3) is 0.533. The fourth-order valence-corrected chi connectivity index (χ4v) is 6.14. The molecule has 24 heavy (non-hydrogen) atoms. The largest absolute Gasteiger partial charge is 0.495 e. The molecule has 1 heterocycles. The molecule has 0 amide bonds. The van der Waals surface area contributed by atoms with Crippen LogP contribution in [0.5, 0.6) is 5.75 Å². The summed E-state index contributed by atoms with van der Waals surface area (Å²) in [6.07, 6.45) is 0.229. The Morgan fingerprint density at radius 2 is 2.00 bits per heavy atom.